The Morgan fingerprint density at radius 1 is 0.906 bits per heavy atom. The van der Waals surface area contributed by atoms with Gasteiger partial charge in [0.1, 0.15) is 0 Å². The second-order valence-electron chi connectivity index (χ2n) is 8.84. The van der Waals surface area contributed by atoms with Gasteiger partial charge in [-0.2, -0.15) is 0 Å². The quantitative estimate of drug-likeness (QED) is 0.427. The van der Waals surface area contributed by atoms with E-state index in [0.29, 0.717) is 11.9 Å². The SMILES string of the molecule is Cc1ccccc1-c1ccc2c(=O)n(CCc3ccc(CN4CCCC4)cc3)cnc2c1. The molecular weight excluding hydrogens is 394 g/mol. The molecule has 4 nitrogen and oxygen atoms in total. The minimum atomic E-state index is 0.0250. The first-order valence-electron chi connectivity index (χ1n) is 11.5. The first-order valence-corrected chi connectivity index (χ1v) is 11.5. The summed E-state index contributed by atoms with van der Waals surface area (Å²) in [6.07, 6.45) is 5.14. The molecule has 0 aliphatic carbocycles. The first-order chi connectivity index (χ1) is 15.7. The summed E-state index contributed by atoms with van der Waals surface area (Å²) in [6.45, 7) is 6.20. The zero-order valence-corrected chi connectivity index (χ0v) is 18.6. The summed E-state index contributed by atoms with van der Waals surface area (Å²) in [5.41, 5.74) is 6.87. The van der Waals surface area contributed by atoms with E-state index in [1.165, 1.54) is 48.2 Å². The summed E-state index contributed by atoms with van der Waals surface area (Å²) >= 11 is 0. The smallest absolute Gasteiger partial charge is 0.261 e. The van der Waals surface area contributed by atoms with E-state index in [0.717, 1.165) is 24.0 Å². The molecular formula is C28H29N3O. The van der Waals surface area contributed by atoms with Crippen molar-refractivity contribution in [2.45, 2.75) is 39.3 Å². The molecule has 2 heterocycles. The standard InChI is InChI=1S/C28H29N3O/c1-21-6-2-3-7-25(21)24-12-13-26-27(18-24)29-20-31(28(26)32)17-14-22-8-10-23(11-9-22)19-30-15-4-5-16-30/h2-3,6-13,18,20H,4-5,14-17,19H2,1H3. The molecule has 0 radical (unpaired) electrons. The molecule has 1 aromatic heterocycles. The van der Waals surface area contributed by atoms with E-state index in [-0.39, 0.29) is 5.56 Å². The van der Waals surface area contributed by atoms with Crippen LogP contribution in [-0.4, -0.2) is 27.5 Å². The number of nitrogens with zero attached hydrogens (tertiary/aromatic N) is 3. The summed E-state index contributed by atoms with van der Waals surface area (Å²) in [7, 11) is 0. The van der Waals surface area contributed by atoms with Gasteiger partial charge in [0.05, 0.1) is 17.2 Å². The molecule has 32 heavy (non-hydrogen) atoms. The van der Waals surface area contributed by atoms with E-state index in [4.69, 9.17) is 0 Å². The van der Waals surface area contributed by atoms with Crippen molar-refractivity contribution in [3.05, 3.63) is 100 Å². The molecule has 162 valence electrons. The van der Waals surface area contributed by atoms with Gasteiger partial charge in [0.25, 0.3) is 5.56 Å². The van der Waals surface area contributed by atoms with Crippen molar-refractivity contribution in [1.29, 1.82) is 0 Å². The lowest BCUT2D eigenvalue weighted by Crippen LogP contribution is -2.21. The third-order valence-corrected chi connectivity index (χ3v) is 6.55. The molecule has 0 N–H and O–H groups in total. The lowest BCUT2D eigenvalue weighted by molar-refractivity contribution is 0.331. The highest BCUT2D eigenvalue weighted by Gasteiger charge is 2.12. The van der Waals surface area contributed by atoms with Gasteiger partial charge in [-0.1, -0.05) is 54.6 Å². The molecule has 3 aromatic carbocycles. The average Bonchev–Trinajstić information content (AvgIpc) is 3.33. The summed E-state index contributed by atoms with van der Waals surface area (Å²) in [4.78, 5) is 20.1. The lowest BCUT2D eigenvalue weighted by Gasteiger charge is -2.14. The Labute approximate surface area is 189 Å². The minimum absolute atomic E-state index is 0.0250. The van der Waals surface area contributed by atoms with Gasteiger partial charge in [-0.15, -0.1) is 0 Å². The number of hydrogen-bond donors (Lipinski definition) is 0. The predicted octanol–water partition coefficient (Wildman–Crippen LogP) is 5.21. The number of rotatable bonds is 6. The maximum Gasteiger partial charge on any atom is 0.261 e. The van der Waals surface area contributed by atoms with Gasteiger partial charge < -0.3 is 0 Å². The molecule has 1 aliphatic rings. The maximum absolute atomic E-state index is 13.0. The molecule has 0 amide bonds. The van der Waals surface area contributed by atoms with Crippen molar-refractivity contribution >= 4 is 10.9 Å². The highest BCUT2D eigenvalue weighted by molar-refractivity contribution is 5.84. The second-order valence-corrected chi connectivity index (χ2v) is 8.84. The van der Waals surface area contributed by atoms with Crippen LogP contribution in [0, 0.1) is 6.92 Å². The van der Waals surface area contributed by atoms with Crippen LogP contribution in [0.25, 0.3) is 22.0 Å². The number of aromatic nitrogens is 2. The molecule has 1 fully saturated rings. The van der Waals surface area contributed by atoms with Crippen LogP contribution >= 0.6 is 0 Å². The Morgan fingerprint density at radius 2 is 1.66 bits per heavy atom. The molecule has 0 unspecified atom stereocenters. The lowest BCUT2D eigenvalue weighted by atomic mass is 10.00. The van der Waals surface area contributed by atoms with Gasteiger partial charge in [0.15, 0.2) is 0 Å². The Kier molecular flexibility index (Phi) is 5.87. The Balaban J connectivity index is 1.30. The number of fused-ring (bicyclic) bond motifs is 1. The van der Waals surface area contributed by atoms with Crippen LogP contribution < -0.4 is 5.56 Å². The van der Waals surface area contributed by atoms with Gasteiger partial charge >= 0.3 is 0 Å². The van der Waals surface area contributed by atoms with Crippen molar-refractivity contribution in [3.8, 4) is 11.1 Å². The van der Waals surface area contributed by atoms with Gasteiger partial charge in [0, 0.05) is 13.1 Å². The molecule has 5 rings (SSSR count). The van der Waals surface area contributed by atoms with Crippen LogP contribution in [0.2, 0.25) is 0 Å². The van der Waals surface area contributed by atoms with Crippen molar-refractivity contribution < 1.29 is 0 Å². The summed E-state index contributed by atoms with van der Waals surface area (Å²) in [5, 5.41) is 0.672. The third kappa shape index (κ3) is 4.37. The number of hydrogen-bond acceptors (Lipinski definition) is 3. The van der Waals surface area contributed by atoms with E-state index >= 15 is 0 Å². The van der Waals surface area contributed by atoms with Crippen molar-refractivity contribution in [1.82, 2.24) is 14.5 Å². The van der Waals surface area contributed by atoms with Crippen molar-refractivity contribution in [2.24, 2.45) is 0 Å². The first kappa shape index (κ1) is 20.7. The minimum Gasteiger partial charge on any atom is -0.299 e. The fraction of sp³-hybridized carbons (Fsp3) is 0.286. The van der Waals surface area contributed by atoms with Gasteiger partial charge in [-0.05, 0) is 79.2 Å². The average molecular weight is 424 g/mol. The Morgan fingerprint density at radius 3 is 2.44 bits per heavy atom. The van der Waals surface area contributed by atoms with E-state index < -0.39 is 0 Å². The molecule has 0 bridgehead atoms. The Bertz CT molecular complexity index is 1280. The van der Waals surface area contributed by atoms with Crippen LogP contribution in [0.4, 0.5) is 0 Å². The van der Waals surface area contributed by atoms with Gasteiger partial charge in [0.2, 0.25) is 0 Å². The predicted molar refractivity (Wildman–Crippen MR) is 131 cm³/mol. The van der Waals surface area contributed by atoms with E-state index in [9.17, 15) is 4.79 Å². The fourth-order valence-corrected chi connectivity index (χ4v) is 4.64. The molecule has 1 aliphatic heterocycles. The van der Waals surface area contributed by atoms with Crippen molar-refractivity contribution in [2.75, 3.05) is 13.1 Å². The maximum atomic E-state index is 13.0. The number of likely N-dealkylation sites (tertiary alicyclic amines) is 1. The fourth-order valence-electron chi connectivity index (χ4n) is 4.64. The topological polar surface area (TPSA) is 38.1 Å². The van der Waals surface area contributed by atoms with Gasteiger partial charge in [-0.25, -0.2) is 4.98 Å². The summed E-state index contributed by atoms with van der Waals surface area (Å²) in [6, 6.07) is 23.1. The normalized spacial score (nSPS) is 14.3. The molecule has 0 atom stereocenters. The molecule has 4 heteroatoms. The largest absolute Gasteiger partial charge is 0.299 e. The summed E-state index contributed by atoms with van der Waals surface area (Å²) < 4.78 is 1.73. The van der Waals surface area contributed by atoms with Crippen LogP contribution in [0.1, 0.15) is 29.5 Å². The zero-order valence-electron chi connectivity index (χ0n) is 18.6. The molecule has 0 spiro atoms. The van der Waals surface area contributed by atoms with Crippen LogP contribution in [-0.2, 0) is 19.5 Å². The van der Waals surface area contributed by atoms with E-state index in [1.54, 1.807) is 10.9 Å². The summed E-state index contributed by atoms with van der Waals surface area (Å²) in [5.74, 6) is 0. The number of benzene rings is 3. The molecule has 1 saturated heterocycles. The molecule has 0 saturated carbocycles. The molecule has 4 aromatic rings. The van der Waals surface area contributed by atoms with Crippen LogP contribution in [0.5, 0.6) is 0 Å². The third-order valence-electron chi connectivity index (χ3n) is 6.55. The van der Waals surface area contributed by atoms with Crippen LogP contribution in [0.15, 0.2) is 77.9 Å². The van der Waals surface area contributed by atoms with Crippen LogP contribution in [0.3, 0.4) is 0 Å². The van der Waals surface area contributed by atoms with Crippen molar-refractivity contribution in [3.63, 3.8) is 0 Å². The van der Waals surface area contributed by atoms with E-state index in [2.05, 4.69) is 53.2 Å². The van der Waals surface area contributed by atoms with Gasteiger partial charge in [-0.3, -0.25) is 14.3 Å². The number of aryl methyl sites for hydroxylation is 3. The Hall–Kier alpha value is -3.24. The highest BCUT2D eigenvalue weighted by Crippen LogP contribution is 2.25. The van der Waals surface area contributed by atoms with E-state index in [1.807, 2.05) is 30.3 Å². The zero-order chi connectivity index (χ0) is 21.9. The highest BCUT2D eigenvalue weighted by atomic mass is 16.1. The monoisotopic (exact) mass is 423 g/mol. The second kappa shape index (κ2) is 9.09.